The maximum atomic E-state index is 13.8. The van der Waals surface area contributed by atoms with Crippen molar-refractivity contribution in [3.8, 4) is 0 Å². The van der Waals surface area contributed by atoms with E-state index in [1.165, 1.54) is 0 Å². The van der Waals surface area contributed by atoms with Crippen LogP contribution in [0.15, 0.2) is 48.5 Å². The van der Waals surface area contributed by atoms with Crippen molar-refractivity contribution >= 4 is 29.2 Å². The maximum absolute atomic E-state index is 13.8. The van der Waals surface area contributed by atoms with Crippen LogP contribution < -0.4 is 4.90 Å². The number of amides is 1. The number of ether oxygens (including phenoxy) is 1. The molecule has 1 unspecified atom stereocenters. The van der Waals surface area contributed by atoms with Gasteiger partial charge in [0.25, 0.3) is 0 Å². The van der Waals surface area contributed by atoms with Gasteiger partial charge in [0.15, 0.2) is 5.41 Å². The number of fused-ring (bicyclic) bond motifs is 1. The Morgan fingerprint density at radius 1 is 1.07 bits per heavy atom. The number of halogens is 1. The third-order valence-electron chi connectivity index (χ3n) is 5.81. The van der Waals surface area contributed by atoms with Crippen LogP contribution in [0.25, 0.3) is 0 Å². The first-order chi connectivity index (χ1) is 14.5. The van der Waals surface area contributed by atoms with Crippen molar-refractivity contribution in [1.82, 2.24) is 4.90 Å². The quantitative estimate of drug-likeness (QED) is 0.446. The van der Waals surface area contributed by atoms with E-state index in [0.717, 1.165) is 30.9 Å². The van der Waals surface area contributed by atoms with Gasteiger partial charge in [0.05, 0.1) is 6.61 Å². The van der Waals surface area contributed by atoms with Gasteiger partial charge in [-0.05, 0) is 43.8 Å². The zero-order valence-electron chi connectivity index (χ0n) is 17.9. The molecule has 0 bridgehead atoms. The number of rotatable bonds is 9. The van der Waals surface area contributed by atoms with Crippen molar-refractivity contribution in [2.45, 2.75) is 32.6 Å². The highest BCUT2D eigenvalue weighted by Crippen LogP contribution is 2.45. The van der Waals surface area contributed by atoms with Crippen molar-refractivity contribution in [2.24, 2.45) is 0 Å². The maximum Gasteiger partial charge on any atom is 0.326 e. The number of anilines is 1. The van der Waals surface area contributed by atoms with Crippen LogP contribution in [-0.2, 0) is 26.2 Å². The molecule has 6 heteroatoms. The number of carbonyl (C=O) groups excluding carboxylic acids is 2. The monoisotopic (exact) mass is 428 g/mol. The third-order valence-corrected chi connectivity index (χ3v) is 6.06. The van der Waals surface area contributed by atoms with E-state index < -0.39 is 11.4 Å². The van der Waals surface area contributed by atoms with E-state index >= 15 is 0 Å². The number of hydrogen-bond acceptors (Lipinski definition) is 4. The van der Waals surface area contributed by atoms with E-state index in [1.54, 1.807) is 24.0 Å². The van der Waals surface area contributed by atoms with Crippen molar-refractivity contribution in [1.29, 1.82) is 0 Å². The molecule has 1 amide bonds. The van der Waals surface area contributed by atoms with Crippen LogP contribution in [0.4, 0.5) is 5.69 Å². The van der Waals surface area contributed by atoms with Crippen molar-refractivity contribution < 1.29 is 14.3 Å². The average molecular weight is 429 g/mol. The number of esters is 1. The Kier molecular flexibility index (Phi) is 7.16. The molecule has 2 aromatic carbocycles. The zero-order valence-corrected chi connectivity index (χ0v) is 18.6. The molecule has 0 N–H and O–H groups in total. The van der Waals surface area contributed by atoms with E-state index in [2.05, 4.69) is 18.7 Å². The second-order valence-electron chi connectivity index (χ2n) is 7.43. The van der Waals surface area contributed by atoms with E-state index in [-0.39, 0.29) is 18.9 Å². The predicted molar refractivity (Wildman–Crippen MR) is 120 cm³/mol. The van der Waals surface area contributed by atoms with E-state index in [1.807, 2.05) is 36.4 Å². The molecule has 0 fully saturated rings. The van der Waals surface area contributed by atoms with Crippen LogP contribution in [0.3, 0.4) is 0 Å². The summed E-state index contributed by atoms with van der Waals surface area (Å²) in [7, 11) is 0. The van der Waals surface area contributed by atoms with Gasteiger partial charge in [0.2, 0.25) is 5.91 Å². The number of likely N-dealkylation sites (N-methyl/N-ethyl adjacent to an activating group) is 1. The smallest absolute Gasteiger partial charge is 0.326 e. The molecule has 2 aromatic rings. The van der Waals surface area contributed by atoms with Gasteiger partial charge in [0, 0.05) is 35.8 Å². The summed E-state index contributed by atoms with van der Waals surface area (Å²) in [4.78, 5) is 31.2. The summed E-state index contributed by atoms with van der Waals surface area (Å²) in [6, 6.07) is 14.8. The van der Waals surface area contributed by atoms with Gasteiger partial charge in [-0.3, -0.25) is 9.59 Å². The zero-order chi connectivity index (χ0) is 21.7. The Morgan fingerprint density at radius 3 is 2.37 bits per heavy atom. The molecule has 0 aliphatic carbocycles. The first-order valence-electron chi connectivity index (χ1n) is 10.5. The Hall–Kier alpha value is -2.37. The average Bonchev–Trinajstić information content (AvgIpc) is 2.99. The van der Waals surface area contributed by atoms with Crippen LogP contribution in [0.2, 0.25) is 5.02 Å². The van der Waals surface area contributed by atoms with Gasteiger partial charge < -0.3 is 14.5 Å². The van der Waals surface area contributed by atoms with Crippen LogP contribution in [-0.4, -0.2) is 49.6 Å². The fourth-order valence-corrected chi connectivity index (χ4v) is 4.26. The fourth-order valence-electron chi connectivity index (χ4n) is 4.13. The summed E-state index contributed by atoms with van der Waals surface area (Å²) >= 11 is 6.04. The molecule has 30 heavy (non-hydrogen) atoms. The summed E-state index contributed by atoms with van der Waals surface area (Å²) < 4.78 is 5.45. The topological polar surface area (TPSA) is 49.9 Å². The van der Waals surface area contributed by atoms with Gasteiger partial charge in [-0.25, -0.2) is 0 Å². The molecule has 0 aromatic heterocycles. The van der Waals surface area contributed by atoms with Crippen molar-refractivity contribution in [2.75, 3.05) is 37.7 Å². The van der Waals surface area contributed by atoms with Crippen LogP contribution >= 0.6 is 11.6 Å². The molecule has 0 saturated heterocycles. The predicted octanol–water partition coefficient (Wildman–Crippen LogP) is 4.07. The summed E-state index contributed by atoms with van der Waals surface area (Å²) in [6.07, 6.45) is 0.237. The normalized spacial score (nSPS) is 18.0. The molecule has 5 nitrogen and oxygen atoms in total. The lowest BCUT2D eigenvalue weighted by Gasteiger charge is -2.28. The summed E-state index contributed by atoms with van der Waals surface area (Å²) in [5.41, 5.74) is 0.977. The number of para-hydroxylation sites is 1. The highest BCUT2D eigenvalue weighted by atomic mass is 35.5. The largest absolute Gasteiger partial charge is 0.465 e. The molecular weight excluding hydrogens is 400 g/mol. The molecule has 1 heterocycles. The lowest BCUT2D eigenvalue weighted by atomic mass is 9.76. The molecule has 0 spiro atoms. The second kappa shape index (κ2) is 9.63. The first kappa shape index (κ1) is 22.3. The summed E-state index contributed by atoms with van der Waals surface area (Å²) in [6.45, 7) is 9.28. The minimum atomic E-state index is -1.39. The van der Waals surface area contributed by atoms with Crippen LogP contribution in [0.5, 0.6) is 0 Å². The molecule has 160 valence electrons. The summed E-state index contributed by atoms with van der Waals surface area (Å²) in [5, 5.41) is 0.614. The number of nitrogens with zero attached hydrogens (tertiary/aromatic N) is 2. The highest BCUT2D eigenvalue weighted by Gasteiger charge is 2.57. The Morgan fingerprint density at radius 2 is 1.73 bits per heavy atom. The van der Waals surface area contributed by atoms with Crippen molar-refractivity contribution in [3.63, 3.8) is 0 Å². The molecule has 3 rings (SSSR count). The van der Waals surface area contributed by atoms with E-state index in [9.17, 15) is 9.59 Å². The Labute approximate surface area is 183 Å². The van der Waals surface area contributed by atoms with Crippen LogP contribution in [0.1, 0.15) is 31.9 Å². The van der Waals surface area contributed by atoms with E-state index in [0.29, 0.717) is 17.1 Å². The molecular formula is C24H29ClN2O3. The lowest BCUT2D eigenvalue weighted by Crippen LogP contribution is -2.50. The van der Waals surface area contributed by atoms with Gasteiger partial charge in [-0.1, -0.05) is 55.8 Å². The fraction of sp³-hybridized carbons (Fsp3) is 0.417. The highest BCUT2D eigenvalue weighted by molar-refractivity contribution is 6.30. The molecule has 0 radical (unpaired) electrons. The van der Waals surface area contributed by atoms with Gasteiger partial charge in [-0.2, -0.15) is 0 Å². The lowest BCUT2D eigenvalue weighted by molar-refractivity contribution is -0.153. The standard InChI is InChI=1S/C24H29ClN2O3/c1-4-26(5-2)15-16-27-21-10-8-7-9-20(21)24(22(27)28,23(29)30-6-3)17-18-11-13-19(25)14-12-18/h7-14H,4-6,15-17H2,1-3H3. The number of hydrogen-bond donors (Lipinski definition) is 0. The second-order valence-corrected chi connectivity index (χ2v) is 7.87. The van der Waals surface area contributed by atoms with Crippen molar-refractivity contribution in [3.05, 3.63) is 64.7 Å². The Bertz CT molecular complexity index is 896. The molecule has 1 aliphatic heterocycles. The van der Waals surface area contributed by atoms with E-state index in [4.69, 9.17) is 16.3 Å². The summed E-state index contributed by atoms with van der Waals surface area (Å²) in [5.74, 6) is -0.716. The molecule has 1 aliphatic rings. The third kappa shape index (κ3) is 4.09. The van der Waals surface area contributed by atoms with Crippen LogP contribution in [0, 0.1) is 0 Å². The molecule has 0 saturated carbocycles. The minimum absolute atomic E-state index is 0.218. The van der Waals surface area contributed by atoms with Gasteiger partial charge in [0.1, 0.15) is 0 Å². The van der Waals surface area contributed by atoms with Gasteiger partial charge >= 0.3 is 5.97 Å². The first-order valence-corrected chi connectivity index (χ1v) is 10.9. The SMILES string of the molecule is CCOC(=O)C1(Cc2ccc(Cl)cc2)C(=O)N(CCN(CC)CC)c2ccccc21. The Balaban J connectivity index is 2.05. The van der Waals surface area contributed by atoms with Gasteiger partial charge in [-0.15, -0.1) is 0 Å². The molecule has 1 atom stereocenters. The number of carbonyl (C=O) groups is 2. The minimum Gasteiger partial charge on any atom is -0.465 e. The number of benzene rings is 2.